The zero-order valence-electron chi connectivity index (χ0n) is 15.4. The highest BCUT2D eigenvalue weighted by Crippen LogP contribution is 2.34. The number of likely N-dealkylation sites (tertiary alicyclic amines) is 1. The van der Waals surface area contributed by atoms with Gasteiger partial charge >= 0.3 is 5.97 Å². The fourth-order valence-electron chi connectivity index (χ4n) is 4.00. The van der Waals surface area contributed by atoms with E-state index in [0.29, 0.717) is 12.2 Å². The molecule has 0 spiro atoms. The molecule has 3 aromatic rings. The van der Waals surface area contributed by atoms with Crippen LogP contribution in [0.3, 0.4) is 0 Å². The van der Waals surface area contributed by atoms with Crippen LogP contribution in [0.1, 0.15) is 33.1 Å². The van der Waals surface area contributed by atoms with Crippen molar-refractivity contribution in [2.45, 2.75) is 19.8 Å². The number of aliphatic carboxylic acids is 1. The Morgan fingerprint density at radius 2 is 1.81 bits per heavy atom. The average molecular weight is 362 g/mol. The number of hydrogen-bond donors (Lipinski definition) is 2. The van der Waals surface area contributed by atoms with Gasteiger partial charge in [-0.25, -0.2) is 0 Å². The van der Waals surface area contributed by atoms with E-state index in [1.165, 1.54) is 5.56 Å². The number of carboxylic acid groups (broad SMARTS) is 1. The maximum atomic E-state index is 13.1. The van der Waals surface area contributed by atoms with Gasteiger partial charge in [0, 0.05) is 29.9 Å². The molecule has 1 fully saturated rings. The van der Waals surface area contributed by atoms with Gasteiger partial charge in [-0.1, -0.05) is 36.4 Å². The summed E-state index contributed by atoms with van der Waals surface area (Å²) in [5.41, 5.74) is 4.72. The summed E-state index contributed by atoms with van der Waals surface area (Å²) in [7, 11) is 0. The van der Waals surface area contributed by atoms with E-state index in [1.807, 2.05) is 62.4 Å². The molecule has 2 unspecified atom stereocenters. The van der Waals surface area contributed by atoms with E-state index in [9.17, 15) is 14.7 Å². The van der Waals surface area contributed by atoms with Crippen molar-refractivity contribution in [3.05, 3.63) is 70.9 Å². The summed E-state index contributed by atoms with van der Waals surface area (Å²) >= 11 is 0. The zero-order chi connectivity index (χ0) is 19.1. The molecule has 27 heavy (non-hydrogen) atoms. The number of nitrogens with zero attached hydrogens (tertiary/aromatic N) is 1. The van der Waals surface area contributed by atoms with Crippen molar-refractivity contribution >= 4 is 22.8 Å². The first-order valence-electron chi connectivity index (χ1n) is 9.11. The van der Waals surface area contributed by atoms with Crippen LogP contribution in [0, 0.1) is 19.8 Å². The number of carboxylic acids is 1. The van der Waals surface area contributed by atoms with Gasteiger partial charge in [-0.3, -0.25) is 9.59 Å². The van der Waals surface area contributed by atoms with Crippen LogP contribution < -0.4 is 0 Å². The van der Waals surface area contributed by atoms with Gasteiger partial charge in [0.1, 0.15) is 5.69 Å². The van der Waals surface area contributed by atoms with Crippen molar-refractivity contribution in [2.24, 2.45) is 5.92 Å². The van der Waals surface area contributed by atoms with E-state index in [1.54, 1.807) is 4.90 Å². The lowest BCUT2D eigenvalue weighted by Gasteiger charge is -2.15. The molecule has 2 aromatic carbocycles. The number of aromatic amines is 1. The number of hydrogen-bond acceptors (Lipinski definition) is 2. The Balaban J connectivity index is 1.64. The van der Waals surface area contributed by atoms with Gasteiger partial charge in [-0.05, 0) is 42.7 Å². The van der Waals surface area contributed by atoms with Gasteiger partial charge in [0.05, 0.1) is 5.92 Å². The lowest BCUT2D eigenvalue weighted by Crippen LogP contribution is -2.30. The molecule has 5 nitrogen and oxygen atoms in total. The Labute approximate surface area is 157 Å². The normalized spacial score (nSPS) is 19.6. The molecule has 1 amide bonds. The molecule has 0 aliphatic carbocycles. The fraction of sp³-hybridized carbons (Fsp3) is 0.273. The molecule has 1 aliphatic heterocycles. The number of nitrogens with one attached hydrogen (secondary N) is 1. The number of carbonyl (C=O) groups excluding carboxylic acids is 1. The minimum Gasteiger partial charge on any atom is -0.481 e. The molecular weight excluding hydrogens is 340 g/mol. The van der Waals surface area contributed by atoms with Crippen LogP contribution in [-0.4, -0.2) is 40.0 Å². The van der Waals surface area contributed by atoms with Gasteiger partial charge in [0.2, 0.25) is 0 Å². The largest absolute Gasteiger partial charge is 0.481 e. The van der Waals surface area contributed by atoms with Crippen LogP contribution in [0.25, 0.3) is 10.9 Å². The Bertz CT molecular complexity index is 1020. The third-order valence-electron chi connectivity index (χ3n) is 5.73. The number of carbonyl (C=O) groups is 2. The van der Waals surface area contributed by atoms with Crippen LogP contribution in [0.2, 0.25) is 0 Å². The van der Waals surface area contributed by atoms with Crippen molar-refractivity contribution in [3.8, 4) is 0 Å². The first kappa shape index (κ1) is 17.3. The number of rotatable bonds is 3. The maximum absolute atomic E-state index is 13.1. The summed E-state index contributed by atoms with van der Waals surface area (Å²) in [6, 6.07) is 15.5. The first-order chi connectivity index (χ1) is 13.0. The van der Waals surface area contributed by atoms with Crippen LogP contribution in [0.5, 0.6) is 0 Å². The van der Waals surface area contributed by atoms with Gasteiger partial charge in [0.25, 0.3) is 5.91 Å². The molecule has 2 heterocycles. The van der Waals surface area contributed by atoms with E-state index in [2.05, 4.69) is 4.98 Å². The number of fused-ring (bicyclic) bond motifs is 1. The quantitative estimate of drug-likeness (QED) is 0.746. The molecule has 0 saturated carbocycles. The predicted molar refractivity (Wildman–Crippen MR) is 104 cm³/mol. The van der Waals surface area contributed by atoms with E-state index >= 15 is 0 Å². The molecule has 0 bridgehead atoms. The average Bonchev–Trinajstić information content (AvgIpc) is 3.30. The molecule has 0 radical (unpaired) electrons. The number of aromatic nitrogens is 1. The highest BCUT2D eigenvalue weighted by Gasteiger charge is 2.40. The summed E-state index contributed by atoms with van der Waals surface area (Å²) in [4.78, 5) is 29.7. The highest BCUT2D eigenvalue weighted by molar-refractivity contribution is 5.99. The minimum absolute atomic E-state index is 0.145. The second kappa shape index (κ2) is 6.58. The molecule has 138 valence electrons. The van der Waals surface area contributed by atoms with Gasteiger partial charge in [-0.15, -0.1) is 0 Å². The molecule has 4 rings (SSSR count). The van der Waals surface area contributed by atoms with Crippen molar-refractivity contribution < 1.29 is 14.7 Å². The highest BCUT2D eigenvalue weighted by atomic mass is 16.4. The van der Waals surface area contributed by atoms with Crippen LogP contribution >= 0.6 is 0 Å². The number of aryl methyl sites for hydroxylation is 2. The molecule has 1 aromatic heterocycles. The minimum atomic E-state index is -0.859. The Kier molecular flexibility index (Phi) is 4.22. The second-order valence-electron chi connectivity index (χ2n) is 7.32. The van der Waals surface area contributed by atoms with Crippen LogP contribution in [-0.2, 0) is 4.79 Å². The topological polar surface area (TPSA) is 73.4 Å². The standard InChI is InChI=1S/C22H22N2O3/c1-13-8-9-19-16(14(13)2)10-20(23-19)21(25)24-11-17(18(12-24)22(26)27)15-6-4-3-5-7-15/h3-10,17-18,23H,11-12H2,1-2H3,(H,26,27). The van der Waals surface area contributed by atoms with E-state index in [4.69, 9.17) is 0 Å². The fourth-order valence-corrected chi connectivity index (χ4v) is 4.00. The molecule has 5 heteroatoms. The summed E-state index contributed by atoms with van der Waals surface area (Å²) in [5, 5.41) is 10.7. The lowest BCUT2D eigenvalue weighted by molar-refractivity contribution is -0.141. The Morgan fingerprint density at radius 3 is 2.52 bits per heavy atom. The Morgan fingerprint density at radius 1 is 1.07 bits per heavy atom. The van der Waals surface area contributed by atoms with Gasteiger partial charge in [-0.2, -0.15) is 0 Å². The second-order valence-corrected chi connectivity index (χ2v) is 7.32. The molecule has 1 saturated heterocycles. The predicted octanol–water partition coefficient (Wildman–Crippen LogP) is 3.73. The molecular formula is C22H22N2O3. The summed E-state index contributed by atoms with van der Waals surface area (Å²) < 4.78 is 0. The summed E-state index contributed by atoms with van der Waals surface area (Å²) in [5.74, 6) is -1.79. The monoisotopic (exact) mass is 362 g/mol. The van der Waals surface area contributed by atoms with Crippen molar-refractivity contribution in [1.29, 1.82) is 0 Å². The third kappa shape index (κ3) is 2.99. The van der Waals surface area contributed by atoms with Gasteiger partial charge < -0.3 is 15.0 Å². The number of benzene rings is 2. The third-order valence-corrected chi connectivity index (χ3v) is 5.73. The van der Waals surface area contributed by atoms with Crippen LogP contribution in [0.15, 0.2) is 48.5 Å². The first-order valence-corrected chi connectivity index (χ1v) is 9.11. The summed E-state index contributed by atoms with van der Waals surface area (Å²) in [6.07, 6.45) is 0. The van der Waals surface area contributed by atoms with E-state index < -0.39 is 11.9 Å². The smallest absolute Gasteiger partial charge is 0.308 e. The molecule has 2 atom stereocenters. The van der Waals surface area contributed by atoms with Crippen molar-refractivity contribution in [1.82, 2.24) is 9.88 Å². The van der Waals surface area contributed by atoms with E-state index in [-0.39, 0.29) is 18.4 Å². The number of amides is 1. The van der Waals surface area contributed by atoms with E-state index in [0.717, 1.165) is 22.0 Å². The Hall–Kier alpha value is -3.08. The van der Waals surface area contributed by atoms with Gasteiger partial charge in [0.15, 0.2) is 0 Å². The SMILES string of the molecule is Cc1ccc2[nH]c(C(=O)N3CC(C(=O)O)C(c4ccccc4)C3)cc2c1C. The maximum Gasteiger partial charge on any atom is 0.308 e. The zero-order valence-corrected chi connectivity index (χ0v) is 15.4. The summed E-state index contributed by atoms with van der Waals surface area (Å²) in [6.45, 7) is 4.72. The molecule has 2 N–H and O–H groups in total. The number of H-pyrrole nitrogens is 1. The van der Waals surface area contributed by atoms with Crippen molar-refractivity contribution in [3.63, 3.8) is 0 Å². The lowest BCUT2D eigenvalue weighted by atomic mass is 9.89. The van der Waals surface area contributed by atoms with Crippen molar-refractivity contribution in [2.75, 3.05) is 13.1 Å². The molecule has 1 aliphatic rings. The van der Waals surface area contributed by atoms with Crippen LogP contribution in [0.4, 0.5) is 0 Å².